The first-order valence-electron chi connectivity index (χ1n) is 4.07. The number of hydrogen-bond donors (Lipinski definition) is 1. The molecule has 0 aromatic rings. The predicted octanol–water partition coefficient (Wildman–Crippen LogP) is 3.23. The molecule has 0 spiro atoms. The second kappa shape index (κ2) is 7.80. The van der Waals surface area contributed by atoms with Crippen LogP contribution in [-0.2, 0) is 0 Å². The van der Waals surface area contributed by atoms with Gasteiger partial charge in [-0.15, -0.1) is 0 Å². The molecule has 0 radical (unpaired) electrons. The molecule has 1 atom stereocenters. The predicted molar refractivity (Wildman–Crippen MR) is 55.3 cm³/mol. The van der Waals surface area contributed by atoms with Gasteiger partial charge in [0.2, 0.25) is 0 Å². The molecule has 0 saturated heterocycles. The van der Waals surface area contributed by atoms with E-state index in [1.54, 1.807) is 0 Å². The number of thioether (sulfide) groups is 1. The van der Waals surface area contributed by atoms with Gasteiger partial charge in [-0.1, -0.05) is 20.3 Å². The van der Waals surface area contributed by atoms with Gasteiger partial charge in [-0.2, -0.15) is 24.4 Å². The Kier molecular flexibility index (Phi) is 8.35. The third-order valence-corrected chi connectivity index (χ3v) is 3.69. The SMILES string of the molecule is CCCCS[C@@H](CC)CS. The van der Waals surface area contributed by atoms with Crippen molar-refractivity contribution in [1.29, 1.82) is 0 Å². The summed E-state index contributed by atoms with van der Waals surface area (Å²) >= 11 is 6.35. The molecule has 0 aromatic heterocycles. The highest BCUT2D eigenvalue weighted by atomic mass is 32.2. The van der Waals surface area contributed by atoms with Crippen LogP contribution in [0.2, 0.25) is 0 Å². The molecule has 0 saturated carbocycles. The summed E-state index contributed by atoms with van der Waals surface area (Å²) in [5.41, 5.74) is 0. The molecular formula is C8H18S2. The van der Waals surface area contributed by atoms with Crippen molar-refractivity contribution in [2.75, 3.05) is 11.5 Å². The van der Waals surface area contributed by atoms with Gasteiger partial charge in [0.1, 0.15) is 0 Å². The van der Waals surface area contributed by atoms with E-state index in [9.17, 15) is 0 Å². The van der Waals surface area contributed by atoms with Crippen LogP contribution in [0.25, 0.3) is 0 Å². The minimum atomic E-state index is 0.787. The van der Waals surface area contributed by atoms with Crippen LogP contribution in [0.4, 0.5) is 0 Å². The van der Waals surface area contributed by atoms with Gasteiger partial charge in [-0.25, -0.2) is 0 Å². The summed E-state index contributed by atoms with van der Waals surface area (Å²) < 4.78 is 0. The Morgan fingerprint density at radius 2 is 2.10 bits per heavy atom. The van der Waals surface area contributed by atoms with Gasteiger partial charge in [0.25, 0.3) is 0 Å². The molecule has 0 bridgehead atoms. The molecule has 0 nitrogen and oxygen atoms in total. The quantitative estimate of drug-likeness (QED) is 0.481. The molecule has 0 N–H and O–H groups in total. The fourth-order valence-electron chi connectivity index (χ4n) is 0.694. The first kappa shape index (κ1) is 10.7. The summed E-state index contributed by atoms with van der Waals surface area (Å²) in [6.07, 6.45) is 3.93. The van der Waals surface area contributed by atoms with Gasteiger partial charge in [0.05, 0.1) is 0 Å². The topological polar surface area (TPSA) is 0 Å². The van der Waals surface area contributed by atoms with Crippen LogP contribution in [0, 0.1) is 0 Å². The molecule has 10 heavy (non-hydrogen) atoms. The number of unbranched alkanes of at least 4 members (excludes halogenated alkanes) is 1. The van der Waals surface area contributed by atoms with E-state index < -0.39 is 0 Å². The van der Waals surface area contributed by atoms with Crippen molar-refractivity contribution in [2.45, 2.75) is 38.4 Å². The lowest BCUT2D eigenvalue weighted by Crippen LogP contribution is -2.02. The number of thiol groups is 1. The highest BCUT2D eigenvalue weighted by Crippen LogP contribution is 2.16. The zero-order valence-corrected chi connectivity index (χ0v) is 8.68. The first-order chi connectivity index (χ1) is 4.85. The van der Waals surface area contributed by atoms with Crippen LogP contribution in [-0.4, -0.2) is 16.8 Å². The summed E-state index contributed by atoms with van der Waals surface area (Å²) in [5.74, 6) is 2.35. The molecular weight excluding hydrogens is 160 g/mol. The highest BCUT2D eigenvalue weighted by Gasteiger charge is 2.01. The molecule has 62 valence electrons. The summed E-state index contributed by atoms with van der Waals surface area (Å²) in [4.78, 5) is 0. The third-order valence-electron chi connectivity index (χ3n) is 1.51. The summed E-state index contributed by atoms with van der Waals surface area (Å²) in [5, 5.41) is 0.787. The first-order valence-corrected chi connectivity index (χ1v) is 5.75. The van der Waals surface area contributed by atoms with Crippen LogP contribution in [0.5, 0.6) is 0 Å². The van der Waals surface area contributed by atoms with E-state index in [-0.39, 0.29) is 0 Å². The van der Waals surface area contributed by atoms with Gasteiger partial charge in [0, 0.05) is 11.0 Å². The van der Waals surface area contributed by atoms with Gasteiger partial charge >= 0.3 is 0 Å². The Bertz CT molecular complexity index is 60.3. The maximum atomic E-state index is 4.28. The van der Waals surface area contributed by atoms with Crippen molar-refractivity contribution < 1.29 is 0 Å². The lowest BCUT2D eigenvalue weighted by molar-refractivity contribution is 0.877. The molecule has 2 heteroatoms. The van der Waals surface area contributed by atoms with E-state index >= 15 is 0 Å². The average Bonchev–Trinajstić information content (AvgIpc) is 1.99. The molecule has 0 aliphatic heterocycles. The number of rotatable bonds is 6. The molecule has 0 aliphatic rings. The fraction of sp³-hybridized carbons (Fsp3) is 1.00. The Balaban J connectivity index is 3.09. The van der Waals surface area contributed by atoms with Crippen molar-refractivity contribution in [1.82, 2.24) is 0 Å². The normalized spacial score (nSPS) is 13.5. The molecule has 0 heterocycles. The van der Waals surface area contributed by atoms with Crippen LogP contribution in [0.15, 0.2) is 0 Å². The van der Waals surface area contributed by atoms with E-state index in [4.69, 9.17) is 0 Å². The zero-order chi connectivity index (χ0) is 7.82. The van der Waals surface area contributed by atoms with Crippen molar-refractivity contribution in [2.24, 2.45) is 0 Å². The molecule has 0 fully saturated rings. The molecule has 0 aliphatic carbocycles. The highest BCUT2D eigenvalue weighted by molar-refractivity contribution is 8.00. The van der Waals surface area contributed by atoms with E-state index in [1.807, 2.05) is 0 Å². The second-order valence-electron chi connectivity index (χ2n) is 2.44. The monoisotopic (exact) mass is 178 g/mol. The summed E-state index contributed by atoms with van der Waals surface area (Å²) in [6.45, 7) is 4.47. The minimum absolute atomic E-state index is 0.787. The largest absolute Gasteiger partial charge is 0.178 e. The Morgan fingerprint density at radius 3 is 2.50 bits per heavy atom. The van der Waals surface area contributed by atoms with E-state index in [2.05, 4.69) is 38.2 Å². The van der Waals surface area contributed by atoms with Crippen molar-refractivity contribution in [3.63, 3.8) is 0 Å². The Hall–Kier alpha value is 0.700. The van der Waals surface area contributed by atoms with Crippen LogP contribution in [0.3, 0.4) is 0 Å². The van der Waals surface area contributed by atoms with Gasteiger partial charge < -0.3 is 0 Å². The van der Waals surface area contributed by atoms with Crippen LogP contribution < -0.4 is 0 Å². The molecule has 0 rings (SSSR count). The van der Waals surface area contributed by atoms with Gasteiger partial charge in [-0.05, 0) is 18.6 Å². The fourth-order valence-corrected chi connectivity index (χ4v) is 2.40. The standard InChI is InChI=1S/C8H18S2/c1-3-5-6-10-8(4-2)7-9/h8-9H,3-7H2,1-2H3/t8-/m0/s1. The lowest BCUT2D eigenvalue weighted by atomic mass is 10.4. The van der Waals surface area contributed by atoms with E-state index in [1.165, 1.54) is 25.0 Å². The van der Waals surface area contributed by atoms with Crippen molar-refractivity contribution >= 4 is 24.4 Å². The summed E-state index contributed by atoms with van der Waals surface area (Å²) in [7, 11) is 0. The van der Waals surface area contributed by atoms with Crippen LogP contribution in [0.1, 0.15) is 33.1 Å². The summed E-state index contributed by atoms with van der Waals surface area (Å²) in [6, 6.07) is 0. The zero-order valence-electron chi connectivity index (χ0n) is 6.97. The lowest BCUT2D eigenvalue weighted by Gasteiger charge is -2.09. The smallest absolute Gasteiger partial charge is 0.0133 e. The minimum Gasteiger partial charge on any atom is -0.178 e. The second-order valence-corrected chi connectivity index (χ2v) is 4.21. The molecule has 0 aromatic carbocycles. The Labute approximate surface area is 74.6 Å². The molecule has 0 amide bonds. The molecule has 0 unspecified atom stereocenters. The maximum Gasteiger partial charge on any atom is 0.0133 e. The van der Waals surface area contributed by atoms with E-state index in [0.29, 0.717) is 0 Å². The van der Waals surface area contributed by atoms with Crippen molar-refractivity contribution in [3.8, 4) is 0 Å². The third kappa shape index (κ3) is 5.48. The Morgan fingerprint density at radius 1 is 1.40 bits per heavy atom. The van der Waals surface area contributed by atoms with Crippen LogP contribution >= 0.6 is 24.4 Å². The van der Waals surface area contributed by atoms with Crippen molar-refractivity contribution in [3.05, 3.63) is 0 Å². The number of hydrogen-bond acceptors (Lipinski definition) is 2. The van der Waals surface area contributed by atoms with E-state index in [0.717, 1.165) is 11.0 Å². The van der Waals surface area contributed by atoms with Gasteiger partial charge in [-0.3, -0.25) is 0 Å². The van der Waals surface area contributed by atoms with Gasteiger partial charge in [0.15, 0.2) is 0 Å². The average molecular weight is 178 g/mol. The maximum absolute atomic E-state index is 4.28.